The van der Waals surface area contributed by atoms with Gasteiger partial charge in [0.2, 0.25) is 5.91 Å². The molecule has 0 saturated carbocycles. The van der Waals surface area contributed by atoms with E-state index in [9.17, 15) is 17.6 Å². The van der Waals surface area contributed by atoms with Crippen molar-refractivity contribution in [1.29, 1.82) is 0 Å². The third kappa shape index (κ3) is 4.03. The van der Waals surface area contributed by atoms with Gasteiger partial charge in [-0.25, -0.2) is 12.8 Å². The van der Waals surface area contributed by atoms with Crippen LogP contribution in [0, 0.1) is 5.82 Å². The Morgan fingerprint density at radius 3 is 2.38 bits per heavy atom. The van der Waals surface area contributed by atoms with Gasteiger partial charge >= 0.3 is 0 Å². The number of rotatable bonds is 4. The highest BCUT2D eigenvalue weighted by Crippen LogP contribution is 2.28. The number of carbonyl (C=O) groups excluding carboxylic acids is 1. The summed E-state index contributed by atoms with van der Waals surface area (Å²) >= 11 is 0. The van der Waals surface area contributed by atoms with Crippen LogP contribution in [0.1, 0.15) is 6.92 Å². The van der Waals surface area contributed by atoms with Crippen molar-refractivity contribution in [1.82, 2.24) is 0 Å². The summed E-state index contributed by atoms with van der Waals surface area (Å²) in [5.41, 5.74) is 0.494. The zero-order valence-electron chi connectivity index (χ0n) is 11.1. The van der Waals surface area contributed by atoms with Crippen LogP contribution >= 0.6 is 0 Å². The lowest BCUT2D eigenvalue weighted by Crippen LogP contribution is -2.06. The van der Waals surface area contributed by atoms with Gasteiger partial charge in [0.15, 0.2) is 0 Å². The molecule has 0 aliphatic carbocycles. The Balaban J connectivity index is 2.21. The van der Waals surface area contributed by atoms with Gasteiger partial charge in [0, 0.05) is 12.6 Å². The van der Waals surface area contributed by atoms with Crippen LogP contribution in [0.3, 0.4) is 0 Å². The molecule has 0 aliphatic heterocycles. The van der Waals surface area contributed by atoms with Crippen LogP contribution < -0.4 is 5.32 Å². The second-order valence-corrected chi connectivity index (χ2v) is 5.86. The van der Waals surface area contributed by atoms with Crippen molar-refractivity contribution in [2.45, 2.75) is 11.8 Å². The minimum absolute atomic E-state index is 0.0148. The maximum Gasteiger partial charge on any atom is 0.221 e. The molecule has 2 aromatic rings. The second-order valence-electron chi connectivity index (χ2n) is 4.25. The summed E-state index contributed by atoms with van der Waals surface area (Å²) in [6.07, 6.45) is 0. The summed E-state index contributed by atoms with van der Waals surface area (Å²) in [7, 11) is -3.93. The third-order valence-corrected chi connectivity index (χ3v) is 3.83. The molecule has 7 heteroatoms. The molecule has 0 spiro atoms. The predicted molar refractivity (Wildman–Crippen MR) is 77.4 cm³/mol. The zero-order valence-corrected chi connectivity index (χ0v) is 11.9. The van der Waals surface area contributed by atoms with Crippen LogP contribution in [0.4, 0.5) is 15.8 Å². The van der Waals surface area contributed by atoms with Crippen LogP contribution in [0.5, 0.6) is 0 Å². The zero-order chi connectivity index (χ0) is 15.5. The van der Waals surface area contributed by atoms with Gasteiger partial charge in [-0.15, -0.1) is 5.69 Å². The van der Waals surface area contributed by atoms with E-state index < -0.39 is 15.8 Å². The Labute approximate surface area is 121 Å². The van der Waals surface area contributed by atoms with E-state index in [4.69, 9.17) is 0 Å². The third-order valence-electron chi connectivity index (χ3n) is 2.51. The first-order valence-electron chi connectivity index (χ1n) is 5.98. The van der Waals surface area contributed by atoms with Gasteiger partial charge in [-0.1, -0.05) is 12.1 Å². The summed E-state index contributed by atoms with van der Waals surface area (Å²) in [4.78, 5) is 10.8. The molecule has 0 bridgehead atoms. The van der Waals surface area contributed by atoms with Crippen molar-refractivity contribution < 1.29 is 17.6 Å². The van der Waals surface area contributed by atoms with E-state index in [1.54, 1.807) is 0 Å². The smallest absolute Gasteiger partial charge is 0.221 e. The van der Waals surface area contributed by atoms with Crippen molar-refractivity contribution in [3.8, 4) is 0 Å². The van der Waals surface area contributed by atoms with Crippen LogP contribution in [0.25, 0.3) is 4.72 Å². The summed E-state index contributed by atoms with van der Waals surface area (Å²) in [6, 6.07) is 10.6. The lowest BCUT2D eigenvalue weighted by Gasteiger charge is -2.21. The Morgan fingerprint density at radius 1 is 1.14 bits per heavy atom. The maximum absolute atomic E-state index is 13.0. The minimum Gasteiger partial charge on any atom is -0.573 e. The van der Waals surface area contributed by atoms with Crippen molar-refractivity contribution in [2.75, 3.05) is 5.32 Å². The Bertz CT molecular complexity index is 758. The molecule has 0 saturated heterocycles. The molecule has 0 unspecified atom stereocenters. The first-order valence-corrected chi connectivity index (χ1v) is 7.42. The molecule has 0 heterocycles. The number of nitrogens with one attached hydrogen (secondary N) is 1. The quantitative estimate of drug-likeness (QED) is 0.942. The lowest BCUT2D eigenvalue weighted by molar-refractivity contribution is -0.114. The molecule has 2 aromatic carbocycles. The normalized spacial score (nSPS) is 11.0. The highest BCUT2D eigenvalue weighted by Gasteiger charge is 2.05. The summed E-state index contributed by atoms with van der Waals surface area (Å²) in [5, 5.41) is 2.53. The second kappa shape index (κ2) is 5.92. The molecular weight excluding hydrogens is 295 g/mol. The van der Waals surface area contributed by atoms with Crippen molar-refractivity contribution in [3.05, 3.63) is 59.1 Å². The molecule has 1 N–H and O–H groups in total. The van der Waals surface area contributed by atoms with Crippen LogP contribution in [-0.4, -0.2) is 14.3 Å². The van der Waals surface area contributed by atoms with Gasteiger partial charge < -0.3 is 10.0 Å². The Morgan fingerprint density at radius 2 is 1.81 bits per heavy atom. The number of sulfonamides is 1. The van der Waals surface area contributed by atoms with E-state index in [0.29, 0.717) is 5.69 Å². The highest BCUT2D eigenvalue weighted by molar-refractivity contribution is 7.94. The molecule has 0 atom stereocenters. The Hall–Kier alpha value is -2.41. The minimum atomic E-state index is -3.93. The fourth-order valence-corrected chi connectivity index (χ4v) is 2.61. The molecule has 5 nitrogen and oxygen atoms in total. The van der Waals surface area contributed by atoms with Crippen LogP contribution in [0.2, 0.25) is 0 Å². The molecule has 0 aromatic heterocycles. The summed E-state index contributed by atoms with van der Waals surface area (Å²) in [6.45, 7) is 1.35. The fourth-order valence-electron chi connectivity index (χ4n) is 1.64. The van der Waals surface area contributed by atoms with Crippen molar-refractivity contribution in [3.63, 3.8) is 0 Å². The molecule has 110 valence electrons. The van der Waals surface area contributed by atoms with Gasteiger partial charge in [-0.3, -0.25) is 4.79 Å². The van der Waals surface area contributed by atoms with Crippen molar-refractivity contribution >= 4 is 27.3 Å². The molecule has 21 heavy (non-hydrogen) atoms. The van der Waals surface area contributed by atoms with Gasteiger partial charge in [0.25, 0.3) is 0 Å². The van der Waals surface area contributed by atoms with E-state index in [1.165, 1.54) is 49.4 Å². The first-order chi connectivity index (χ1) is 9.87. The highest BCUT2D eigenvalue weighted by atomic mass is 32.2. The number of amides is 1. The number of carbonyl (C=O) groups is 1. The summed E-state index contributed by atoms with van der Waals surface area (Å²) < 4.78 is 40.7. The average molecular weight is 307 g/mol. The maximum atomic E-state index is 13.0. The molecule has 2 rings (SSSR count). The average Bonchev–Trinajstić information content (AvgIpc) is 2.38. The largest absolute Gasteiger partial charge is 0.573 e. The number of halogens is 1. The number of hydrogen-bond donors (Lipinski definition) is 1. The van der Waals surface area contributed by atoms with Crippen LogP contribution in [0.15, 0.2) is 53.4 Å². The number of hydrogen-bond acceptors (Lipinski definition) is 3. The molecule has 0 fully saturated rings. The van der Waals surface area contributed by atoms with Gasteiger partial charge in [-0.2, -0.15) is 0 Å². The monoisotopic (exact) mass is 307 g/mol. The SMILES string of the molecule is CC(=O)Nc1ccc(S(=O)(=O)[N-]c2cccc(F)c2)cc1. The van der Waals surface area contributed by atoms with E-state index in [2.05, 4.69) is 10.0 Å². The number of anilines is 1. The number of nitrogens with zero attached hydrogens (tertiary/aromatic N) is 1. The fraction of sp³-hybridized carbons (Fsp3) is 0.0714. The van der Waals surface area contributed by atoms with Crippen LogP contribution in [-0.2, 0) is 14.8 Å². The number of benzene rings is 2. The van der Waals surface area contributed by atoms with E-state index >= 15 is 0 Å². The summed E-state index contributed by atoms with van der Waals surface area (Å²) in [5.74, 6) is -0.817. The van der Waals surface area contributed by atoms with E-state index in [1.807, 2.05) is 0 Å². The van der Waals surface area contributed by atoms with Gasteiger partial charge in [0.1, 0.15) is 15.8 Å². The van der Waals surface area contributed by atoms with Crippen molar-refractivity contribution in [2.24, 2.45) is 0 Å². The molecular formula is C14H12FN2O3S-. The van der Waals surface area contributed by atoms with E-state index in [0.717, 1.165) is 6.07 Å². The lowest BCUT2D eigenvalue weighted by atomic mass is 10.3. The first kappa shape index (κ1) is 15.0. The van der Waals surface area contributed by atoms with Gasteiger partial charge in [-0.05, 0) is 36.4 Å². The molecule has 0 radical (unpaired) electrons. The predicted octanol–water partition coefficient (Wildman–Crippen LogP) is 3.18. The molecule has 0 aliphatic rings. The standard InChI is InChI=1S/C14H12FN2O3S/c1-10(18)16-12-5-7-14(8-6-12)21(19,20)17-13-4-2-3-11(15)9-13/h2-9H,1H3,(H,16,18)/q-1. The topological polar surface area (TPSA) is 77.3 Å². The van der Waals surface area contributed by atoms with Gasteiger partial charge in [0.05, 0.1) is 4.90 Å². The van der Waals surface area contributed by atoms with E-state index in [-0.39, 0.29) is 16.5 Å². The Kier molecular flexibility index (Phi) is 4.23. The molecule has 1 amide bonds.